The molecular formula is C23H24ClN5O. The van der Waals surface area contributed by atoms with E-state index in [1.807, 2.05) is 42.2 Å². The average Bonchev–Trinajstić information content (AvgIpc) is 2.75. The third kappa shape index (κ3) is 4.54. The van der Waals surface area contributed by atoms with Crippen molar-refractivity contribution in [2.75, 3.05) is 36.4 Å². The number of carbonyl (C=O) groups is 1. The number of nitrogens with zero attached hydrogens (tertiary/aromatic N) is 4. The lowest BCUT2D eigenvalue weighted by molar-refractivity contribution is 0.0746. The van der Waals surface area contributed by atoms with Gasteiger partial charge in [0.25, 0.3) is 5.91 Å². The maximum absolute atomic E-state index is 12.8. The predicted octanol–water partition coefficient (Wildman–Crippen LogP) is 4.45. The molecule has 1 aliphatic rings. The second kappa shape index (κ2) is 8.71. The van der Waals surface area contributed by atoms with E-state index in [0.717, 1.165) is 17.3 Å². The summed E-state index contributed by atoms with van der Waals surface area (Å²) in [5.41, 5.74) is 2.75. The molecule has 0 spiro atoms. The van der Waals surface area contributed by atoms with Crippen molar-refractivity contribution in [3.8, 4) is 0 Å². The van der Waals surface area contributed by atoms with Crippen molar-refractivity contribution in [3.05, 3.63) is 76.6 Å². The average molecular weight is 422 g/mol. The third-order valence-electron chi connectivity index (χ3n) is 5.14. The molecular weight excluding hydrogens is 398 g/mol. The molecule has 1 N–H and O–H groups in total. The molecule has 0 aliphatic carbocycles. The molecule has 6 nitrogen and oxygen atoms in total. The standard InChI is InChI=1S/C23H24ClN5O/c1-16-7-9-18(10-8-16)27-21-15-22(26-17(2)25-21)28-11-13-29(14-12-28)23(30)19-5-3-4-6-20(19)24/h3-10,15H,11-14H2,1-2H3,(H,25,26,27). The quantitative estimate of drug-likeness (QED) is 0.674. The van der Waals surface area contributed by atoms with Gasteiger partial charge in [0.2, 0.25) is 0 Å². The molecule has 0 bridgehead atoms. The number of hydrogen-bond acceptors (Lipinski definition) is 5. The number of anilines is 3. The summed E-state index contributed by atoms with van der Waals surface area (Å²) < 4.78 is 0. The van der Waals surface area contributed by atoms with Crippen LogP contribution in [0.3, 0.4) is 0 Å². The largest absolute Gasteiger partial charge is 0.353 e. The number of halogens is 1. The fourth-order valence-corrected chi connectivity index (χ4v) is 3.72. The van der Waals surface area contributed by atoms with E-state index in [2.05, 4.69) is 39.2 Å². The normalized spacial score (nSPS) is 14.0. The van der Waals surface area contributed by atoms with Crippen LogP contribution in [0.5, 0.6) is 0 Å². The van der Waals surface area contributed by atoms with E-state index < -0.39 is 0 Å². The van der Waals surface area contributed by atoms with Gasteiger partial charge < -0.3 is 15.1 Å². The lowest BCUT2D eigenvalue weighted by atomic mass is 10.2. The molecule has 7 heteroatoms. The fraction of sp³-hybridized carbons (Fsp3) is 0.261. The van der Waals surface area contributed by atoms with Crippen molar-refractivity contribution >= 4 is 34.8 Å². The summed E-state index contributed by atoms with van der Waals surface area (Å²) in [6.07, 6.45) is 0. The summed E-state index contributed by atoms with van der Waals surface area (Å²) >= 11 is 6.19. The number of amides is 1. The Kier molecular flexibility index (Phi) is 5.86. The maximum atomic E-state index is 12.8. The highest BCUT2D eigenvalue weighted by atomic mass is 35.5. The molecule has 1 saturated heterocycles. The molecule has 154 valence electrons. The number of aromatic nitrogens is 2. The van der Waals surface area contributed by atoms with Gasteiger partial charge in [-0.1, -0.05) is 41.4 Å². The van der Waals surface area contributed by atoms with Crippen molar-refractivity contribution in [1.82, 2.24) is 14.9 Å². The first-order valence-electron chi connectivity index (χ1n) is 9.98. The van der Waals surface area contributed by atoms with Gasteiger partial charge in [-0.25, -0.2) is 9.97 Å². The first-order chi connectivity index (χ1) is 14.5. The number of hydrogen-bond donors (Lipinski definition) is 1. The van der Waals surface area contributed by atoms with Gasteiger partial charge >= 0.3 is 0 Å². The Hall–Kier alpha value is -3.12. The minimum Gasteiger partial charge on any atom is -0.353 e. The smallest absolute Gasteiger partial charge is 0.255 e. The second-order valence-corrected chi connectivity index (χ2v) is 7.82. The van der Waals surface area contributed by atoms with E-state index in [1.165, 1.54) is 5.56 Å². The highest BCUT2D eigenvalue weighted by molar-refractivity contribution is 6.33. The van der Waals surface area contributed by atoms with Crippen molar-refractivity contribution in [3.63, 3.8) is 0 Å². The number of nitrogens with one attached hydrogen (secondary N) is 1. The number of piperazine rings is 1. The molecule has 1 aromatic heterocycles. The molecule has 1 amide bonds. The van der Waals surface area contributed by atoms with E-state index in [9.17, 15) is 4.79 Å². The van der Waals surface area contributed by atoms with E-state index in [-0.39, 0.29) is 5.91 Å². The van der Waals surface area contributed by atoms with Crippen LogP contribution in [0.4, 0.5) is 17.3 Å². The molecule has 2 aromatic carbocycles. The van der Waals surface area contributed by atoms with Gasteiger partial charge in [-0.3, -0.25) is 4.79 Å². The Balaban J connectivity index is 1.44. The number of benzene rings is 2. The molecule has 4 rings (SSSR count). The molecule has 0 atom stereocenters. The topological polar surface area (TPSA) is 61.4 Å². The van der Waals surface area contributed by atoms with Crippen LogP contribution < -0.4 is 10.2 Å². The zero-order chi connectivity index (χ0) is 21.1. The Morgan fingerprint density at radius 1 is 0.967 bits per heavy atom. The van der Waals surface area contributed by atoms with Crippen LogP contribution >= 0.6 is 11.6 Å². The minimum atomic E-state index is -0.0270. The van der Waals surface area contributed by atoms with Gasteiger partial charge in [0.15, 0.2) is 0 Å². The summed E-state index contributed by atoms with van der Waals surface area (Å²) in [6.45, 7) is 6.60. The predicted molar refractivity (Wildman–Crippen MR) is 121 cm³/mol. The van der Waals surface area contributed by atoms with Crippen molar-refractivity contribution in [1.29, 1.82) is 0 Å². The Morgan fingerprint density at radius 3 is 2.37 bits per heavy atom. The van der Waals surface area contributed by atoms with Crippen LogP contribution in [0.25, 0.3) is 0 Å². The molecule has 2 heterocycles. The summed E-state index contributed by atoms with van der Waals surface area (Å²) in [4.78, 5) is 25.9. The van der Waals surface area contributed by atoms with E-state index in [0.29, 0.717) is 42.6 Å². The summed E-state index contributed by atoms with van der Waals surface area (Å²) in [5.74, 6) is 2.30. The van der Waals surface area contributed by atoms with Crippen molar-refractivity contribution in [2.45, 2.75) is 13.8 Å². The molecule has 30 heavy (non-hydrogen) atoms. The molecule has 0 saturated carbocycles. The SMILES string of the molecule is Cc1ccc(Nc2cc(N3CCN(C(=O)c4ccccc4Cl)CC3)nc(C)n2)cc1. The highest BCUT2D eigenvalue weighted by Crippen LogP contribution is 2.23. The molecule has 1 fully saturated rings. The highest BCUT2D eigenvalue weighted by Gasteiger charge is 2.24. The molecule has 1 aliphatic heterocycles. The van der Waals surface area contributed by atoms with E-state index in [4.69, 9.17) is 11.6 Å². The summed E-state index contributed by atoms with van der Waals surface area (Å²) in [5, 5.41) is 3.84. The molecule has 0 radical (unpaired) electrons. The van der Waals surface area contributed by atoms with Crippen LogP contribution in [0, 0.1) is 13.8 Å². The lowest BCUT2D eigenvalue weighted by Gasteiger charge is -2.35. The first kappa shape index (κ1) is 20.2. The Bertz CT molecular complexity index is 1050. The van der Waals surface area contributed by atoms with Crippen LogP contribution in [0.15, 0.2) is 54.6 Å². The van der Waals surface area contributed by atoms with Crippen LogP contribution in [0.1, 0.15) is 21.7 Å². The summed E-state index contributed by atoms with van der Waals surface area (Å²) in [6, 6.07) is 17.3. The Labute approximate surface area is 181 Å². The van der Waals surface area contributed by atoms with Crippen molar-refractivity contribution in [2.24, 2.45) is 0 Å². The molecule has 3 aromatic rings. The first-order valence-corrected chi connectivity index (χ1v) is 10.4. The van der Waals surface area contributed by atoms with Gasteiger partial charge in [-0.15, -0.1) is 0 Å². The Morgan fingerprint density at radius 2 is 1.67 bits per heavy atom. The van der Waals surface area contributed by atoms with Gasteiger partial charge in [-0.2, -0.15) is 0 Å². The van der Waals surface area contributed by atoms with Gasteiger partial charge in [0.1, 0.15) is 17.5 Å². The van der Waals surface area contributed by atoms with Gasteiger partial charge in [0, 0.05) is 37.9 Å². The van der Waals surface area contributed by atoms with E-state index in [1.54, 1.807) is 12.1 Å². The van der Waals surface area contributed by atoms with Crippen LogP contribution in [0.2, 0.25) is 5.02 Å². The number of carbonyl (C=O) groups excluding carboxylic acids is 1. The van der Waals surface area contributed by atoms with Gasteiger partial charge in [-0.05, 0) is 38.1 Å². The zero-order valence-corrected chi connectivity index (χ0v) is 17.9. The van der Waals surface area contributed by atoms with Crippen LogP contribution in [-0.4, -0.2) is 47.0 Å². The lowest BCUT2D eigenvalue weighted by Crippen LogP contribution is -2.49. The van der Waals surface area contributed by atoms with Crippen LogP contribution in [-0.2, 0) is 0 Å². The number of rotatable bonds is 4. The van der Waals surface area contributed by atoms with Crippen molar-refractivity contribution < 1.29 is 4.79 Å². The maximum Gasteiger partial charge on any atom is 0.255 e. The zero-order valence-electron chi connectivity index (χ0n) is 17.1. The minimum absolute atomic E-state index is 0.0270. The third-order valence-corrected chi connectivity index (χ3v) is 5.47. The summed E-state index contributed by atoms with van der Waals surface area (Å²) in [7, 11) is 0. The fourth-order valence-electron chi connectivity index (χ4n) is 3.51. The second-order valence-electron chi connectivity index (χ2n) is 7.41. The molecule has 0 unspecified atom stereocenters. The monoisotopic (exact) mass is 421 g/mol. The number of aryl methyl sites for hydroxylation is 2. The van der Waals surface area contributed by atoms with E-state index >= 15 is 0 Å². The van der Waals surface area contributed by atoms with Gasteiger partial charge in [0.05, 0.1) is 10.6 Å².